The maximum absolute atomic E-state index is 13.7. The highest BCUT2D eigenvalue weighted by molar-refractivity contribution is 4.96. The average Bonchev–Trinajstić information content (AvgIpc) is 2.03. The van der Waals surface area contributed by atoms with Crippen LogP contribution in [0, 0.1) is 0 Å². The number of rotatable bonds is 3. The molecule has 13 heavy (non-hydrogen) atoms. The van der Waals surface area contributed by atoms with E-state index in [4.69, 9.17) is 5.11 Å². The van der Waals surface area contributed by atoms with E-state index in [-0.39, 0.29) is 6.61 Å². The van der Waals surface area contributed by atoms with Crippen molar-refractivity contribution < 1.29 is 9.50 Å². The summed E-state index contributed by atoms with van der Waals surface area (Å²) in [6.45, 7) is 7.37. The largest absolute Gasteiger partial charge is 0.393 e. The van der Waals surface area contributed by atoms with Crippen LogP contribution in [0.4, 0.5) is 4.39 Å². The van der Waals surface area contributed by atoms with Crippen LogP contribution in [0.2, 0.25) is 0 Å². The molecular weight excluding hydrogens is 169 g/mol. The molecule has 1 fully saturated rings. The number of aliphatic hydroxyl groups is 1. The molecule has 0 amide bonds. The third-order valence-corrected chi connectivity index (χ3v) is 2.38. The van der Waals surface area contributed by atoms with E-state index in [0.29, 0.717) is 13.0 Å². The van der Waals surface area contributed by atoms with Gasteiger partial charge in [-0.1, -0.05) is 12.2 Å². The lowest BCUT2D eigenvalue weighted by molar-refractivity contribution is 0.00200. The van der Waals surface area contributed by atoms with Gasteiger partial charge in [0.25, 0.3) is 0 Å². The number of nitrogens with zero attached hydrogens (tertiary/aromatic N) is 1. The summed E-state index contributed by atoms with van der Waals surface area (Å²) in [5.41, 5.74) is -0.338. The molecular formula is C10H18FNO. The number of hydrogen-bond acceptors (Lipinski definition) is 2. The highest BCUT2D eigenvalue weighted by Crippen LogP contribution is 2.24. The molecule has 1 saturated heterocycles. The monoisotopic (exact) mass is 187 g/mol. The van der Waals surface area contributed by atoms with Crippen LogP contribution < -0.4 is 0 Å². The van der Waals surface area contributed by atoms with Crippen LogP contribution >= 0.6 is 0 Å². The summed E-state index contributed by atoms with van der Waals surface area (Å²) in [7, 11) is 0. The maximum atomic E-state index is 13.7. The Morgan fingerprint density at radius 3 is 2.92 bits per heavy atom. The second-order valence-electron chi connectivity index (χ2n) is 4.08. The first-order chi connectivity index (χ1) is 6.06. The lowest BCUT2D eigenvalue weighted by atomic mass is 9.95. The summed E-state index contributed by atoms with van der Waals surface area (Å²) in [4.78, 5) is 2.02. The van der Waals surface area contributed by atoms with Crippen LogP contribution in [0.25, 0.3) is 0 Å². The number of likely N-dealkylation sites (tertiary alicyclic amines) is 1. The van der Waals surface area contributed by atoms with E-state index in [2.05, 4.69) is 6.58 Å². The maximum Gasteiger partial charge on any atom is 0.146 e. The van der Waals surface area contributed by atoms with Crippen LogP contribution in [0.3, 0.4) is 0 Å². The van der Waals surface area contributed by atoms with E-state index in [1.165, 1.54) is 0 Å². The molecule has 0 aromatic rings. The molecule has 0 radical (unpaired) electrons. The van der Waals surface area contributed by atoms with Gasteiger partial charge in [-0.25, -0.2) is 4.39 Å². The molecule has 76 valence electrons. The quantitative estimate of drug-likeness (QED) is 0.674. The van der Waals surface area contributed by atoms with Gasteiger partial charge in [-0.05, 0) is 26.3 Å². The first-order valence-corrected chi connectivity index (χ1v) is 4.72. The predicted octanol–water partition coefficient (Wildman–Crippen LogP) is 1.36. The van der Waals surface area contributed by atoms with Gasteiger partial charge in [-0.2, -0.15) is 0 Å². The van der Waals surface area contributed by atoms with E-state index in [1.807, 2.05) is 11.8 Å². The van der Waals surface area contributed by atoms with E-state index in [9.17, 15) is 4.39 Å². The van der Waals surface area contributed by atoms with Crippen molar-refractivity contribution in [3.63, 3.8) is 0 Å². The fourth-order valence-electron chi connectivity index (χ4n) is 1.82. The number of alkyl halides is 1. The molecule has 0 spiro atoms. The summed E-state index contributed by atoms with van der Waals surface area (Å²) in [6, 6.07) is 0. The molecule has 2 nitrogen and oxygen atoms in total. The minimum atomic E-state index is -1.38. The number of piperidine rings is 1. The van der Waals surface area contributed by atoms with Crippen LogP contribution in [-0.4, -0.2) is 41.9 Å². The zero-order chi connectivity index (χ0) is 9.90. The molecule has 0 unspecified atom stereocenters. The highest BCUT2D eigenvalue weighted by atomic mass is 19.1. The Morgan fingerprint density at radius 2 is 2.38 bits per heavy atom. The van der Waals surface area contributed by atoms with Crippen LogP contribution in [0.5, 0.6) is 0 Å². The Labute approximate surface area is 79.0 Å². The third kappa shape index (κ3) is 3.08. The van der Waals surface area contributed by atoms with E-state index < -0.39 is 5.67 Å². The molecule has 0 bridgehead atoms. The number of halogens is 1. The number of aliphatic hydroxyl groups excluding tert-OH is 1. The lowest BCUT2D eigenvalue weighted by Gasteiger charge is -2.36. The summed E-state index contributed by atoms with van der Waals surface area (Å²) in [6.07, 6.45) is 1.31. The van der Waals surface area contributed by atoms with E-state index >= 15 is 0 Å². The van der Waals surface area contributed by atoms with Crippen molar-refractivity contribution in [3.8, 4) is 0 Å². The molecule has 3 heteroatoms. The van der Waals surface area contributed by atoms with Crippen LogP contribution in [-0.2, 0) is 0 Å². The fraction of sp³-hybridized carbons (Fsp3) is 0.800. The molecule has 1 atom stereocenters. The van der Waals surface area contributed by atoms with Crippen molar-refractivity contribution in [2.75, 3.05) is 26.2 Å². The van der Waals surface area contributed by atoms with Gasteiger partial charge < -0.3 is 5.11 Å². The standard InChI is InChI=1S/C10H18FNO/c1-9(2)6-12-5-3-4-10(11,7-12)8-13/h13H,1,3-8H2,2H3/t10-/m0/s1. The summed E-state index contributed by atoms with van der Waals surface area (Å²) >= 11 is 0. The van der Waals surface area contributed by atoms with Gasteiger partial charge in [0.1, 0.15) is 5.67 Å². The van der Waals surface area contributed by atoms with Gasteiger partial charge in [-0.3, -0.25) is 4.90 Å². The molecule has 0 aliphatic carbocycles. The molecule has 0 aromatic carbocycles. The van der Waals surface area contributed by atoms with Gasteiger partial charge in [0.2, 0.25) is 0 Å². The van der Waals surface area contributed by atoms with Crippen molar-refractivity contribution in [2.24, 2.45) is 0 Å². The molecule has 1 rings (SSSR count). The van der Waals surface area contributed by atoms with E-state index in [1.54, 1.807) is 0 Å². The Hall–Kier alpha value is -0.410. The molecule has 1 heterocycles. The Bertz CT molecular complexity index is 195. The normalized spacial score (nSPS) is 30.4. The van der Waals surface area contributed by atoms with Crippen molar-refractivity contribution >= 4 is 0 Å². The van der Waals surface area contributed by atoms with Gasteiger partial charge in [0.05, 0.1) is 6.61 Å². The molecule has 0 aromatic heterocycles. The van der Waals surface area contributed by atoms with Crippen molar-refractivity contribution in [1.29, 1.82) is 0 Å². The topological polar surface area (TPSA) is 23.5 Å². The second kappa shape index (κ2) is 4.20. The van der Waals surface area contributed by atoms with Crippen molar-refractivity contribution in [2.45, 2.75) is 25.4 Å². The Balaban J connectivity index is 2.46. The summed E-state index contributed by atoms with van der Waals surface area (Å²) < 4.78 is 13.7. The summed E-state index contributed by atoms with van der Waals surface area (Å²) in [5.74, 6) is 0. The summed E-state index contributed by atoms with van der Waals surface area (Å²) in [5, 5.41) is 8.88. The smallest absolute Gasteiger partial charge is 0.146 e. The van der Waals surface area contributed by atoms with Crippen molar-refractivity contribution in [1.82, 2.24) is 4.90 Å². The highest BCUT2D eigenvalue weighted by Gasteiger charge is 2.34. The van der Waals surface area contributed by atoms with E-state index in [0.717, 1.165) is 25.1 Å². The number of hydrogen-bond donors (Lipinski definition) is 1. The van der Waals surface area contributed by atoms with Gasteiger partial charge >= 0.3 is 0 Å². The zero-order valence-corrected chi connectivity index (χ0v) is 8.22. The second-order valence-corrected chi connectivity index (χ2v) is 4.08. The first-order valence-electron chi connectivity index (χ1n) is 4.72. The predicted molar refractivity (Wildman–Crippen MR) is 51.4 cm³/mol. The average molecular weight is 187 g/mol. The van der Waals surface area contributed by atoms with Crippen molar-refractivity contribution in [3.05, 3.63) is 12.2 Å². The SMILES string of the molecule is C=C(C)CN1CCC[C@@](F)(CO)C1. The molecule has 0 saturated carbocycles. The van der Waals surface area contributed by atoms with Gasteiger partial charge in [0.15, 0.2) is 0 Å². The van der Waals surface area contributed by atoms with Crippen LogP contribution in [0.1, 0.15) is 19.8 Å². The minimum Gasteiger partial charge on any atom is -0.393 e. The first kappa shape index (κ1) is 10.7. The molecule has 1 N–H and O–H groups in total. The molecule has 1 aliphatic heterocycles. The van der Waals surface area contributed by atoms with Gasteiger partial charge in [0, 0.05) is 13.1 Å². The molecule has 1 aliphatic rings. The Morgan fingerprint density at radius 1 is 1.69 bits per heavy atom. The third-order valence-electron chi connectivity index (χ3n) is 2.38. The lowest BCUT2D eigenvalue weighted by Crippen LogP contribution is -2.47. The van der Waals surface area contributed by atoms with Crippen LogP contribution in [0.15, 0.2) is 12.2 Å². The Kier molecular flexibility index (Phi) is 3.45. The minimum absolute atomic E-state index is 0.344. The fourth-order valence-corrected chi connectivity index (χ4v) is 1.82. The zero-order valence-electron chi connectivity index (χ0n) is 8.22. The van der Waals surface area contributed by atoms with Gasteiger partial charge in [-0.15, -0.1) is 0 Å².